The quantitative estimate of drug-likeness (QED) is 0.788. The highest BCUT2D eigenvalue weighted by Gasteiger charge is 2.16. The highest BCUT2D eigenvalue weighted by atomic mass is 32.1. The van der Waals surface area contributed by atoms with Crippen molar-refractivity contribution in [1.82, 2.24) is 0 Å². The van der Waals surface area contributed by atoms with Crippen LogP contribution in [0.15, 0.2) is 29.6 Å². The lowest BCUT2D eigenvalue weighted by atomic mass is 10.0. The van der Waals surface area contributed by atoms with Crippen molar-refractivity contribution in [1.29, 1.82) is 0 Å². The zero-order chi connectivity index (χ0) is 12.5. The fourth-order valence-electron chi connectivity index (χ4n) is 2.40. The topological polar surface area (TPSA) is 26.3 Å². The van der Waals surface area contributed by atoms with Gasteiger partial charge in [-0.1, -0.05) is 12.1 Å². The maximum atomic E-state index is 12.3. The Labute approximate surface area is 110 Å². The molecule has 0 radical (unpaired) electrons. The Hall–Kier alpha value is -1.61. The average Bonchev–Trinajstić information content (AvgIpc) is 3.05. The number of thiophene rings is 1. The molecule has 18 heavy (non-hydrogen) atoms. The van der Waals surface area contributed by atoms with Crippen molar-refractivity contribution >= 4 is 17.1 Å². The molecule has 2 nitrogen and oxygen atoms in total. The van der Waals surface area contributed by atoms with E-state index in [1.807, 2.05) is 11.4 Å². The summed E-state index contributed by atoms with van der Waals surface area (Å²) in [6, 6.07) is 7.90. The number of carbonyl (C=O) groups excluding carboxylic acids is 1. The SMILES string of the molecule is COc1csc(C(=O)c2ccc3c(c2)CCC3)c1. The van der Waals surface area contributed by atoms with E-state index in [0.717, 1.165) is 29.0 Å². The smallest absolute Gasteiger partial charge is 0.203 e. The van der Waals surface area contributed by atoms with Gasteiger partial charge >= 0.3 is 0 Å². The first kappa shape index (κ1) is 11.5. The van der Waals surface area contributed by atoms with Crippen LogP contribution in [0.2, 0.25) is 0 Å². The average molecular weight is 258 g/mol. The zero-order valence-corrected chi connectivity index (χ0v) is 11.0. The molecule has 3 rings (SSSR count). The van der Waals surface area contributed by atoms with Crippen LogP contribution in [0, 0.1) is 0 Å². The summed E-state index contributed by atoms with van der Waals surface area (Å²) >= 11 is 1.44. The van der Waals surface area contributed by atoms with Crippen LogP contribution in [0.4, 0.5) is 0 Å². The molecule has 92 valence electrons. The van der Waals surface area contributed by atoms with Gasteiger partial charge in [-0.3, -0.25) is 4.79 Å². The van der Waals surface area contributed by atoms with Crippen LogP contribution >= 0.6 is 11.3 Å². The van der Waals surface area contributed by atoms with Gasteiger partial charge in [0.15, 0.2) is 0 Å². The van der Waals surface area contributed by atoms with Gasteiger partial charge in [-0.15, -0.1) is 11.3 Å². The molecule has 0 amide bonds. The van der Waals surface area contributed by atoms with Crippen LogP contribution in [0.25, 0.3) is 0 Å². The monoisotopic (exact) mass is 258 g/mol. The highest BCUT2D eigenvalue weighted by molar-refractivity contribution is 7.12. The van der Waals surface area contributed by atoms with E-state index >= 15 is 0 Å². The van der Waals surface area contributed by atoms with E-state index in [0.29, 0.717) is 0 Å². The molecular formula is C15H14O2S. The first-order valence-corrected chi connectivity index (χ1v) is 6.95. The normalized spacial score (nSPS) is 13.4. The minimum Gasteiger partial charge on any atom is -0.496 e. The molecule has 1 heterocycles. The van der Waals surface area contributed by atoms with Gasteiger partial charge in [-0.25, -0.2) is 0 Å². The highest BCUT2D eigenvalue weighted by Crippen LogP contribution is 2.27. The molecule has 1 aliphatic rings. The van der Waals surface area contributed by atoms with Crippen LogP contribution in [0.1, 0.15) is 32.8 Å². The van der Waals surface area contributed by atoms with Crippen LogP contribution < -0.4 is 4.74 Å². The summed E-state index contributed by atoms with van der Waals surface area (Å²) in [5.74, 6) is 0.850. The maximum Gasteiger partial charge on any atom is 0.203 e. The van der Waals surface area contributed by atoms with E-state index in [-0.39, 0.29) is 5.78 Å². The Bertz CT molecular complexity index is 598. The summed E-state index contributed by atoms with van der Waals surface area (Å²) in [5.41, 5.74) is 3.53. The second kappa shape index (κ2) is 4.58. The second-order valence-electron chi connectivity index (χ2n) is 4.52. The van der Waals surface area contributed by atoms with E-state index in [2.05, 4.69) is 12.1 Å². The van der Waals surface area contributed by atoms with Crippen molar-refractivity contribution in [3.63, 3.8) is 0 Å². The molecule has 0 saturated carbocycles. The van der Waals surface area contributed by atoms with Crippen molar-refractivity contribution in [2.75, 3.05) is 7.11 Å². The number of carbonyl (C=O) groups is 1. The number of hydrogen-bond donors (Lipinski definition) is 0. The number of ether oxygens (including phenoxy) is 1. The third kappa shape index (κ3) is 1.95. The Morgan fingerprint density at radius 1 is 1.22 bits per heavy atom. The lowest BCUT2D eigenvalue weighted by Crippen LogP contribution is -1.99. The largest absolute Gasteiger partial charge is 0.496 e. The van der Waals surface area contributed by atoms with Crippen molar-refractivity contribution in [2.24, 2.45) is 0 Å². The molecule has 0 saturated heterocycles. The molecule has 0 unspecified atom stereocenters. The van der Waals surface area contributed by atoms with E-state index in [9.17, 15) is 4.79 Å². The Morgan fingerprint density at radius 2 is 2.06 bits per heavy atom. The van der Waals surface area contributed by atoms with Crippen LogP contribution in [-0.4, -0.2) is 12.9 Å². The summed E-state index contributed by atoms with van der Waals surface area (Å²) in [4.78, 5) is 13.1. The number of fused-ring (bicyclic) bond motifs is 1. The molecule has 1 aliphatic carbocycles. The number of benzene rings is 1. The van der Waals surface area contributed by atoms with Gasteiger partial charge < -0.3 is 4.74 Å². The van der Waals surface area contributed by atoms with Crippen LogP contribution in [0.3, 0.4) is 0 Å². The van der Waals surface area contributed by atoms with Crippen molar-refractivity contribution in [3.05, 3.63) is 51.2 Å². The van der Waals surface area contributed by atoms with Gasteiger partial charge in [0.2, 0.25) is 5.78 Å². The molecule has 1 aromatic heterocycles. The van der Waals surface area contributed by atoms with E-state index in [1.54, 1.807) is 13.2 Å². The van der Waals surface area contributed by atoms with Crippen molar-refractivity contribution in [2.45, 2.75) is 19.3 Å². The molecule has 1 aromatic carbocycles. The zero-order valence-electron chi connectivity index (χ0n) is 10.2. The minimum absolute atomic E-state index is 0.0954. The summed E-state index contributed by atoms with van der Waals surface area (Å²) in [6.45, 7) is 0. The summed E-state index contributed by atoms with van der Waals surface area (Å²) in [6.07, 6.45) is 3.46. The molecule has 3 heteroatoms. The number of hydrogen-bond acceptors (Lipinski definition) is 3. The molecule has 2 aromatic rings. The van der Waals surface area contributed by atoms with Crippen LogP contribution in [0.5, 0.6) is 5.75 Å². The van der Waals surface area contributed by atoms with Gasteiger partial charge in [0.05, 0.1) is 12.0 Å². The third-order valence-electron chi connectivity index (χ3n) is 3.40. The van der Waals surface area contributed by atoms with Crippen molar-refractivity contribution in [3.8, 4) is 5.75 Å². The van der Waals surface area contributed by atoms with E-state index in [1.165, 1.54) is 28.9 Å². The molecule has 0 atom stereocenters. The number of aryl methyl sites for hydroxylation is 2. The van der Waals surface area contributed by atoms with Gasteiger partial charge in [0.1, 0.15) is 5.75 Å². The summed E-state index contributed by atoms with van der Waals surface area (Å²) in [7, 11) is 1.62. The van der Waals surface area contributed by atoms with Gasteiger partial charge in [-0.2, -0.15) is 0 Å². The van der Waals surface area contributed by atoms with Crippen LogP contribution in [-0.2, 0) is 12.8 Å². The number of rotatable bonds is 3. The van der Waals surface area contributed by atoms with Gasteiger partial charge in [-0.05, 0) is 36.5 Å². The van der Waals surface area contributed by atoms with Crippen molar-refractivity contribution < 1.29 is 9.53 Å². The summed E-state index contributed by atoms with van der Waals surface area (Å²) < 4.78 is 5.11. The predicted octanol–water partition coefficient (Wildman–Crippen LogP) is 3.48. The standard InChI is InChI=1S/C15H14O2S/c1-17-13-8-14(18-9-13)15(16)12-6-5-10-3-2-4-11(10)7-12/h5-9H,2-4H2,1H3. The minimum atomic E-state index is 0.0954. The molecule has 0 aliphatic heterocycles. The van der Waals surface area contributed by atoms with Gasteiger partial charge in [0.25, 0.3) is 0 Å². The molecule has 0 bridgehead atoms. The lowest BCUT2D eigenvalue weighted by molar-refractivity contribution is 0.104. The van der Waals surface area contributed by atoms with E-state index in [4.69, 9.17) is 4.74 Å². The first-order chi connectivity index (χ1) is 8.78. The lowest BCUT2D eigenvalue weighted by Gasteiger charge is -2.02. The Kier molecular flexibility index (Phi) is 2.92. The fraction of sp³-hybridized carbons (Fsp3) is 0.267. The molecule has 0 spiro atoms. The number of methoxy groups -OCH3 is 1. The third-order valence-corrected chi connectivity index (χ3v) is 4.30. The summed E-state index contributed by atoms with van der Waals surface area (Å²) in [5, 5.41) is 1.86. The first-order valence-electron chi connectivity index (χ1n) is 6.07. The maximum absolute atomic E-state index is 12.3. The molecule has 0 N–H and O–H groups in total. The Morgan fingerprint density at radius 3 is 2.83 bits per heavy atom. The number of ketones is 1. The molecular weight excluding hydrogens is 244 g/mol. The Balaban J connectivity index is 1.92. The molecule has 0 fully saturated rings. The predicted molar refractivity (Wildman–Crippen MR) is 72.8 cm³/mol. The fourth-order valence-corrected chi connectivity index (χ4v) is 3.22. The van der Waals surface area contributed by atoms with E-state index < -0.39 is 0 Å². The van der Waals surface area contributed by atoms with Gasteiger partial charge in [0, 0.05) is 17.0 Å². The second-order valence-corrected chi connectivity index (χ2v) is 5.43.